The molecule has 0 aliphatic heterocycles. The number of rotatable bonds is 6. The van der Waals surface area contributed by atoms with Crippen molar-refractivity contribution >= 4 is 5.91 Å². The first-order valence-corrected chi connectivity index (χ1v) is 7.62. The number of carbonyl (C=O) groups is 1. The molecule has 1 amide bonds. The van der Waals surface area contributed by atoms with Gasteiger partial charge in [0, 0.05) is 6.04 Å². The van der Waals surface area contributed by atoms with E-state index in [1.807, 2.05) is 0 Å². The van der Waals surface area contributed by atoms with Crippen molar-refractivity contribution in [2.45, 2.75) is 25.3 Å². The largest absolute Gasteiger partial charge is 0.435 e. The summed E-state index contributed by atoms with van der Waals surface area (Å²) in [6.45, 7) is -0.910. The van der Waals surface area contributed by atoms with Crippen LogP contribution >= 0.6 is 0 Å². The summed E-state index contributed by atoms with van der Waals surface area (Å²) in [5, 5.41) is 8.57. The molecule has 28 heavy (non-hydrogen) atoms. The number of halogens is 7. The highest BCUT2D eigenvalue weighted by atomic mass is 19.4. The summed E-state index contributed by atoms with van der Waals surface area (Å²) in [4.78, 5) is 12.1. The molecule has 1 aromatic heterocycles. The summed E-state index contributed by atoms with van der Waals surface area (Å²) in [7, 11) is 0. The number of aromatic nitrogens is 3. The highest BCUT2D eigenvalue weighted by Gasteiger charge is 2.42. The first-order chi connectivity index (χ1) is 12.9. The first-order valence-electron chi connectivity index (χ1n) is 7.62. The molecule has 1 aromatic carbocycles. The van der Waals surface area contributed by atoms with Crippen LogP contribution in [0, 0.1) is 5.82 Å². The minimum atomic E-state index is -5.04. The van der Waals surface area contributed by atoms with Crippen LogP contribution in [0.25, 0.3) is 5.69 Å². The summed E-state index contributed by atoms with van der Waals surface area (Å²) >= 11 is 0. The van der Waals surface area contributed by atoms with E-state index >= 15 is 0 Å². The summed E-state index contributed by atoms with van der Waals surface area (Å²) in [5.74, 6) is -1.99. The van der Waals surface area contributed by atoms with Gasteiger partial charge in [0.05, 0.1) is 12.3 Å². The lowest BCUT2D eigenvalue weighted by Crippen LogP contribution is -2.38. The van der Waals surface area contributed by atoms with E-state index in [1.54, 1.807) is 0 Å². The van der Waals surface area contributed by atoms with Gasteiger partial charge in [0.15, 0.2) is 11.4 Å². The van der Waals surface area contributed by atoms with E-state index in [-0.39, 0.29) is 5.69 Å². The van der Waals surface area contributed by atoms with Crippen LogP contribution in [0.3, 0.4) is 0 Å². The van der Waals surface area contributed by atoms with Crippen LogP contribution in [0.4, 0.5) is 30.7 Å². The third-order valence-corrected chi connectivity index (χ3v) is 3.24. The maximum Gasteiger partial charge on any atom is 0.435 e. The van der Waals surface area contributed by atoms with Gasteiger partial charge in [-0.3, -0.25) is 4.79 Å². The van der Waals surface area contributed by atoms with Crippen LogP contribution in [0.15, 0.2) is 24.3 Å². The first kappa shape index (κ1) is 21.6. The standard InChI is InChI=1S/C15H13F7N4O2/c1-8(6-28-7-14(17,18)19)23-13(27)11-12(15(20,21)22)26(25-24-11)10-4-2-9(16)3-5-10/h2-5,8H,6-7H2,1H3,(H,23,27). The zero-order valence-corrected chi connectivity index (χ0v) is 14.1. The Morgan fingerprint density at radius 3 is 2.32 bits per heavy atom. The van der Waals surface area contributed by atoms with Gasteiger partial charge >= 0.3 is 12.4 Å². The zero-order chi connectivity index (χ0) is 21.1. The van der Waals surface area contributed by atoms with Crippen LogP contribution in [0.1, 0.15) is 23.1 Å². The van der Waals surface area contributed by atoms with E-state index in [1.165, 1.54) is 6.92 Å². The highest BCUT2D eigenvalue weighted by molar-refractivity contribution is 5.93. The van der Waals surface area contributed by atoms with Crippen molar-refractivity contribution in [3.63, 3.8) is 0 Å². The fourth-order valence-electron chi connectivity index (χ4n) is 2.14. The molecule has 154 valence electrons. The average molecular weight is 414 g/mol. The number of alkyl halides is 6. The van der Waals surface area contributed by atoms with Crippen molar-refractivity contribution in [1.82, 2.24) is 20.3 Å². The number of hydrogen-bond acceptors (Lipinski definition) is 4. The Bertz CT molecular complexity index is 815. The number of nitrogens with zero attached hydrogens (tertiary/aromatic N) is 3. The molecule has 13 heteroatoms. The Kier molecular flexibility index (Phi) is 6.27. The molecule has 0 saturated carbocycles. The second kappa shape index (κ2) is 8.12. The molecule has 0 aliphatic rings. The van der Waals surface area contributed by atoms with Gasteiger partial charge < -0.3 is 10.1 Å². The normalized spacial score (nSPS) is 13.4. The van der Waals surface area contributed by atoms with Crippen molar-refractivity contribution in [2.75, 3.05) is 13.2 Å². The molecule has 1 heterocycles. The summed E-state index contributed by atoms with van der Waals surface area (Å²) in [6, 6.07) is 2.78. The van der Waals surface area contributed by atoms with Gasteiger partial charge in [0.25, 0.3) is 5.91 Å². The maximum atomic E-state index is 13.4. The van der Waals surface area contributed by atoms with E-state index in [2.05, 4.69) is 20.4 Å². The maximum absolute atomic E-state index is 13.4. The minimum Gasteiger partial charge on any atom is -0.370 e. The molecule has 0 saturated heterocycles. The monoisotopic (exact) mass is 414 g/mol. The number of amides is 1. The van der Waals surface area contributed by atoms with E-state index in [4.69, 9.17) is 0 Å². The Hall–Kier alpha value is -2.70. The Morgan fingerprint density at radius 1 is 1.18 bits per heavy atom. The Labute approximate surface area is 153 Å². The summed E-state index contributed by atoms with van der Waals surface area (Å²) in [5.41, 5.74) is -2.79. The predicted molar refractivity (Wildman–Crippen MR) is 80.1 cm³/mol. The summed E-state index contributed by atoms with van der Waals surface area (Å²) < 4.78 is 94.0. The molecule has 1 unspecified atom stereocenters. The lowest BCUT2D eigenvalue weighted by Gasteiger charge is -2.15. The van der Waals surface area contributed by atoms with E-state index in [9.17, 15) is 35.5 Å². The highest BCUT2D eigenvalue weighted by Crippen LogP contribution is 2.32. The number of carbonyl (C=O) groups excluding carboxylic acids is 1. The number of benzene rings is 1. The van der Waals surface area contributed by atoms with Gasteiger partial charge in [0.1, 0.15) is 12.4 Å². The molecule has 2 rings (SSSR count). The number of ether oxygens (including phenoxy) is 1. The van der Waals surface area contributed by atoms with Crippen LogP contribution < -0.4 is 5.32 Å². The zero-order valence-electron chi connectivity index (χ0n) is 14.1. The second-order valence-electron chi connectivity index (χ2n) is 5.68. The fraction of sp³-hybridized carbons (Fsp3) is 0.400. The summed E-state index contributed by atoms with van der Waals surface area (Å²) in [6.07, 6.45) is -9.62. The van der Waals surface area contributed by atoms with Crippen molar-refractivity contribution in [2.24, 2.45) is 0 Å². The fourth-order valence-corrected chi connectivity index (χ4v) is 2.14. The molecule has 0 spiro atoms. The number of nitrogens with one attached hydrogen (secondary N) is 1. The number of hydrogen-bond donors (Lipinski definition) is 1. The van der Waals surface area contributed by atoms with Gasteiger partial charge in [-0.25, -0.2) is 9.07 Å². The van der Waals surface area contributed by atoms with Crippen LogP contribution in [-0.4, -0.2) is 46.3 Å². The van der Waals surface area contributed by atoms with E-state index in [0.29, 0.717) is 4.68 Å². The SMILES string of the molecule is CC(COCC(F)(F)F)NC(=O)c1nnn(-c2ccc(F)cc2)c1C(F)(F)F. The molecule has 6 nitrogen and oxygen atoms in total. The molecule has 0 bridgehead atoms. The third kappa shape index (κ3) is 5.65. The predicted octanol–water partition coefficient (Wildman–Crippen LogP) is 3.12. The minimum absolute atomic E-state index is 0.193. The molecule has 2 aromatic rings. The lowest BCUT2D eigenvalue weighted by molar-refractivity contribution is -0.174. The molecule has 1 atom stereocenters. The van der Waals surface area contributed by atoms with Crippen molar-refractivity contribution in [3.8, 4) is 5.69 Å². The Morgan fingerprint density at radius 2 is 1.79 bits per heavy atom. The van der Waals surface area contributed by atoms with E-state index in [0.717, 1.165) is 24.3 Å². The molecular formula is C15H13F7N4O2. The van der Waals surface area contributed by atoms with E-state index < -0.39 is 54.7 Å². The van der Waals surface area contributed by atoms with Crippen molar-refractivity contribution in [3.05, 3.63) is 41.5 Å². The third-order valence-electron chi connectivity index (χ3n) is 3.24. The second-order valence-corrected chi connectivity index (χ2v) is 5.68. The molecular weight excluding hydrogens is 401 g/mol. The van der Waals surface area contributed by atoms with Crippen molar-refractivity contribution < 1.29 is 40.3 Å². The van der Waals surface area contributed by atoms with Gasteiger partial charge in [-0.05, 0) is 31.2 Å². The smallest absolute Gasteiger partial charge is 0.370 e. The van der Waals surface area contributed by atoms with Gasteiger partial charge in [-0.2, -0.15) is 26.3 Å². The molecule has 0 aliphatic carbocycles. The van der Waals surface area contributed by atoms with Crippen molar-refractivity contribution in [1.29, 1.82) is 0 Å². The lowest BCUT2D eigenvalue weighted by atomic mass is 10.2. The van der Waals surface area contributed by atoms with Crippen LogP contribution in [0.2, 0.25) is 0 Å². The average Bonchev–Trinajstić information content (AvgIpc) is 2.99. The molecule has 0 radical (unpaired) electrons. The van der Waals surface area contributed by atoms with Gasteiger partial charge in [-0.1, -0.05) is 5.21 Å². The van der Waals surface area contributed by atoms with Gasteiger partial charge in [-0.15, -0.1) is 5.10 Å². The van der Waals surface area contributed by atoms with Crippen LogP contribution in [0.5, 0.6) is 0 Å². The Balaban J connectivity index is 2.20. The molecule has 1 N–H and O–H groups in total. The topological polar surface area (TPSA) is 69.0 Å². The van der Waals surface area contributed by atoms with Gasteiger partial charge in [0.2, 0.25) is 0 Å². The molecule has 0 fully saturated rings. The quantitative estimate of drug-likeness (QED) is 0.738. The van der Waals surface area contributed by atoms with Crippen LogP contribution in [-0.2, 0) is 10.9 Å².